The zero-order valence-electron chi connectivity index (χ0n) is 16.6. The first-order valence-corrected chi connectivity index (χ1v) is 10.2. The van der Waals surface area contributed by atoms with Gasteiger partial charge >= 0.3 is 6.03 Å². The summed E-state index contributed by atoms with van der Waals surface area (Å²) in [5.74, 6) is 0.145. The van der Waals surface area contributed by atoms with Crippen LogP contribution in [0.2, 0.25) is 0 Å². The molecule has 4 rings (SSSR count). The zero-order valence-corrected chi connectivity index (χ0v) is 16.6. The van der Waals surface area contributed by atoms with E-state index in [2.05, 4.69) is 83.0 Å². The van der Waals surface area contributed by atoms with Gasteiger partial charge in [-0.2, -0.15) is 0 Å². The topological polar surface area (TPSA) is 35.6 Å². The first-order chi connectivity index (χ1) is 14.3. The summed E-state index contributed by atoms with van der Waals surface area (Å²) in [4.78, 5) is 17.1. The minimum atomic E-state index is 0.0228. The molecule has 0 saturated carbocycles. The number of rotatable bonds is 5. The lowest BCUT2D eigenvalue weighted by atomic mass is 9.91. The molecule has 29 heavy (non-hydrogen) atoms. The second-order valence-corrected chi connectivity index (χ2v) is 7.37. The SMILES string of the molecule is O=C(NCC(c1ccccc1)c1ccccc1)N1CCN(c2ccccc2)CC1. The first kappa shape index (κ1) is 19.1. The molecule has 0 spiro atoms. The number of benzene rings is 3. The average molecular weight is 386 g/mol. The molecule has 0 radical (unpaired) electrons. The van der Waals surface area contributed by atoms with Crippen LogP contribution in [0.4, 0.5) is 10.5 Å². The third-order valence-electron chi connectivity index (χ3n) is 5.55. The standard InChI is InChI=1S/C25H27N3O/c29-25(28-18-16-27(17-19-28)23-14-8-3-9-15-23)26-20-24(21-10-4-1-5-11-21)22-12-6-2-7-13-22/h1-15,24H,16-20H2,(H,26,29). The van der Waals surface area contributed by atoms with Crippen LogP contribution >= 0.6 is 0 Å². The number of anilines is 1. The third-order valence-corrected chi connectivity index (χ3v) is 5.55. The Morgan fingerprint density at radius 1 is 0.724 bits per heavy atom. The number of hydrogen-bond acceptors (Lipinski definition) is 2. The van der Waals surface area contributed by atoms with Crippen molar-refractivity contribution in [1.82, 2.24) is 10.2 Å². The van der Waals surface area contributed by atoms with E-state index < -0.39 is 0 Å². The Morgan fingerprint density at radius 3 is 1.72 bits per heavy atom. The molecule has 0 aliphatic carbocycles. The van der Waals surface area contributed by atoms with Crippen LogP contribution in [0, 0.1) is 0 Å². The minimum absolute atomic E-state index is 0.0228. The van der Waals surface area contributed by atoms with Crippen LogP contribution in [-0.4, -0.2) is 43.7 Å². The molecule has 0 unspecified atom stereocenters. The quantitative estimate of drug-likeness (QED) is 0.709. The van der Waals surface area contributed by atoms with Gasteiger partial charge in [-0.15, -0.1) is 0 Å². The number of nitrogens with zero attached hydrogens (tertiary/aromatic N) is 2. The maximum atomic E-state index is 12.8. The van der Waals surface area contributed by atoms with E-state index in [9.17, 15) is 4.79 Å². The molecule has 2 amide bonds. The molecule has 1 fully saturated rings. The number of piperazine rings is 1. The highest BCUT2D eigenvalue weighted by Gasteiger charge is 2.22. The van der Waals surface area contributed by atoms with Gasteiger partial charge in [0, 0.05) is 44.3 Å². The number of amides is 2. The lowest BCUT2D eigenvalue weighted by Gasteiger charge is -2.36. The highest BCUT2D eigenvalue weighted by atomic mass is 16.2. The van der Waals surface area contributed by atoms with Gasteiger partial charge in [-0.05, 0) is 23.3 Å². The summed E-state index contributed by atoms with van der Waals surface area (Å²) in [6, 6.07) is 31.2. The van der Waals surface area contributed by atoms with E-state index in [1.807, 2.05) is 23.1 Å². The molecule has 148 valence electrons. The Balaban J connectivity index is 1.36. The van der Waals surface area contributed by atoms with Crippen molar-refractivity contribution in [2.45, 2.75) is 5.92 Å². The highest BCUT2D eigenvalue weighted by Crippen LogP contribution is 2.24. The smallest absolute Gasteiger partial charge is 0.317 e. The molecule has 1 saturated heterocycles. The Labute approximate surface area is 172 Å². The second-order valence-electron chi connectivity index (χ2n) is 7.37. The van der Waals surface area contributed by atoms with Gasteiger partial charge in [0.2, 0.25) is 0 Å². The van der Waals surface area contributed by atoms with Gasteiger partial charge in [0.05, 0.1) is 0 Å². The molecule has 4 nitrogen and oxygen atoms in total. The van der Waals surface area contributed by atoms with Gasteiger partial charge in [-0.3, -0.25) is 0 Å². The molecule has 1 aliphatic rings. The summed E-state index contributed by atoms with van der Waals surface area (Å²) in [6.07, 6.45) is 0. The van der Waals surface area contributed by atoms with Crippen molar-refractivity contribution in [1.29, 1.82) is 0 Å². The highest BCUT2D eigenvalue weighted by molar-refractivity contribution is 5.74. The number of para-hydroxylation sites is 1. The van der Waals surface area contributed by atoms with Crippen LogP contribution in [0.15, 0.2) is 91.0 Å². The lowest BCUT2D eigenvalue weighted by Crippen LogP contribution is -2.52. The number of carbonyl (C=O) groups excluding carboxylic acids is 1. The number of nitrogens with one attached hydrogen (secondary N) is 1. The number of carbonyl (C=O) groups is 1. The van der Waals surface area contributed by atoms with Crippen molar-refractivity contribution in [2.75, 3.05) is 37.6 Å². The first-order valence-electron chi connectivity index (χ1n) is 10.2. The van der Waals surface area contributed by atoms with E-state index in [4.69, 9.17) is 0 Å². The number of hydrogen-bond donors (Lipinski definition) is 1. The molecular weight excluding hydrogens is 358 g/mol. The van der Waals surface area contributed by atoms with Crippen molar-refractivity contribution < 1.29 is 4.79 Å². The molecule has 3 aromatic rings. The fourth-order valence-corrected chi connectivity index (χ4v) is 3.91. The van der Waals surface area contributed by atoms with Gasteiger partial charge in [0.15, 0.2) is 0 Å². The van der Waals surface area contributed by atoms with Crippen molar-refractivity contribution in [3.63, 3.8) is 0 Å². The average Bonchev–Trinajstić information content (AvgIpc) is 2.81. The van der Waals surface area contributed by atoms with E-state index in [0.29, 0.717) is 6.54 Å². The van der Waals surface area contributed by atoms with Crippen molar-refractivity contribution in [2.24, 2.45) is 0 Å². The van der Waals surface area contributed by atoms with Gasteiger partial charge in [-0.25, -0.2) is 4.79 Å². The fraction of sp³-hybridized carbons (Fsp3) is 0.240. The van der Waals surface area contributed by atoms with Crippen LogP contribution in [0.1, 0.15) is 17.0 Å². The summed E-state index contributed by atoms with van der Waals surface area (Å²) < 4.78 is 0. The molecule has 0 atom stereocenters. The molecule has 1 N–H and O–H groups in total. The van der Waals surface area contributed by atoms with E-state index in [1.54, 1.807) is 0 Å². The second kappa shape index (κ2) is 9.28. The van der Waals surface area contributed by atoms with Crippen LogP contribution in [0.25, 0.3) is 0 Å². The maximum Gasteiger partial charge on any atom is 0.317 e. The van der Waals surface area contributed by atoms with Crippen LogP contribution in [-0.2, 0) is 0 Å². The van der Waals surface area contributed by atoms with E-state index >= 15 is 0 Å². The fourth-order valence-electron chi connectivity index (χ4n) is 3.91. The molecule has 1 heterocycles. The Morgan fingerprint density at radius 2 is 1.21 bits per heavy atom. The minimum Gasteiger partial charge on any atom is -0.368 e. The normalized spacial score (nSPS) is 14.1. The van der Waals surface area contributed by atoms with Gasteiger partial charge in [0.25, 0.3) is 0 Å². The molecule has 0 aromatic heterocycles. The summed E-state index contributed by atoms with van der Waals surface area (Å²) >= 11 is 0. The van der Waals surface area contributed by atoms with Crippen molar-refractivity contribution in [3.8, 4) is 0 Å². The monoisotopic (exact) mass is 385 g/mol. The Hall–Kier alpha value is -3.27. The number of urea groups is 1. The van der Waals surface area contributed by atoms with Gasteiger partial charge in [0.1, 0.15) is 0 Å². The molecule has 1 aliphatic heterocycles. The Bertz CT molecular complexity index is 852. The van der Waals surface area contributed by atoms with E-state index in [0.717, 1.165) is 26.2 Å². The predicted octanol–water partition coefficient (Wildman–Crippen LogP) is 4.35. The van der Waals surface area contributed by atoms with Crippen LogP contribution in [0.5, 0.6) is 0 Å². The molecule has 4 heteroatoms. The largest absolute Gasteiger partial charge is 0.368 e. The molecule has 0 bridgehead atoms. The predicted molar refractivity (Wildman–Crippen MR) is 118 cm³/mol. The summed E-state index contributed by atoms with van der Waals surface area (Å²) in [6.45, 7) is 3.78. The molecule has 3 aromatic carbocycles. The zero-order chi connectivity index (χ0) is 19.9. The van der Waals surface area contributed by atoms with Gasteiger partial charge in [-0.1, -0.05) is 78.9 Å². The van der Waals surface area contributed by atoms with Crippen LogP contribution < -0.4 is 10.2 Å². The van der Waals surface area contributed by atoms with E-state index in [-0.39, 0.29) is 11.9 Å². The van der Waals surface area contributed by atoms with Crippen LogP contribution in [0.3, 0.4) is 0 Å². The van der Waals surface area contributed by atoms with Crippen molar-refractivity contribution >= 4 is 11.7 Å². The lowest BCUT2D eigenvalue weighted by molar-refractivity contribution is 0.194. The summed E-state index contributed by atoms with van der Waals surface area (Å²) in [5, 5.41) is 3.17. The van der Waals surface area contributed by atoms with Gasteiger partial charge < -0.3 is 15.1 Å². The molecular formula is C25H27N3O. The van der Waals surface area contributed by atoms with Crippen molar-refractivity contribution in [3.05, 3.63) is 102 Å². The summed E-state index contributed by atoms with van der Waals surface area (Å²) in [7, 11) is 0. The Kier molecular flexibility index (Phi) is 6.10. The third kappa shape index (κ3) is 4.77. The maximum absolute atomic E-state index is 12.8. The van der Waals surface area contributed by atoms with E-state index in [1.165, 1.54) is 16.8 Å². The summed E-state index contributed by atoms with van der Waals surface area (Å²) in [5.41, 5.74) is 3.65.